The van der Waals surface area contributed by atoms with Crippen molar-refractivity contribution in [3.63, 3.8) is 0 Å². The molecule has 2 nitrogen and oxygen atoms in total. The monoisotopic (exact) mass is 180 g/mol. The van der Waals surface area contributed by atoms with Crippen molar-refractivity contribution in [1.29, 1.82) is 0 Å². The second kappa shape index (κ2) is 4.60. The van der Waals surface area contributed by atoms with Gasteiger partial charge < -0.3 is 4.90 Å². The Morgan fingerprint density at radius 2 is 1.92 bits per heavy atom. The highest BCUT2D eigenvalue weighted by molar-refractivity contribution is 5.53. The molecule has 0 radical (unpaired) electrons. The van der Waals surface area contributed by atoms with Gasteiger partial charge in [0.2, 0.25) is 0 Å². The molecule has 0 unspecified atom stereocenters. The maximum atomic E-state index is 12.5. The van der Waals surface area contributed by atoms with Crippen LogP contribution in [0, 0.1) is 5.82 Å². The molecule has 0 saturated heterocycles. The van der Waals surface area contributed by atoms with Crippen LogP contribution < -0.4 is 0 Å². The third kappa shape index (κ3) is 3.69. The first-order valence-electron chi connectivity index (χ1n) is 4.09. The number of nitrogens with zero attached hydrogens (tertiary/aromatic N) is 2. The molecular weight excluding hydrogens is 167 g/mol. The Bertz CT molecular complexity index is 277. The van der Waals surface area contributed by atoms with Gasteiger partial charge in [-0.15, -0.1) is 0 Å². The average molecular weight is 180 g/mol. The van der Waals surface area contributed by atoms with E-state index < -0.39 is 0 Å². The second-order valence-electron chi connectivity index (χ2n) is 3.05. The summed E-state index contributed by atoms with van der Waals surface area (Å²) in [5.41, 5.74) is 1.01. The van der Waals surface area contributed by atoms with Crippen molar-refractivity contribution in [1.82, 2.24) is 4.90 Å². The van der Waals surface area contributed by atoms with E-state index in [1.165, 1.54) is 12.1 Å². The van der Waals surface area contributed by atoms with Gasteiger partial charge >= 0.3 is 0 Å². The molecule has 0 fully saturated rings. The van der Waals surface area contributed by atoms with Crippen LogP contribution in [-0.4, -0.2) is 25.3 Å². The Balaban J connectivity index is 2.50. The molecule has 13 heavy (non-hydrogen) atoms. The van der Waals surface area contributed by atoms with E-state index in [2.05, 4.69) is 4.99 Å². The largest absolute Gasteiger partial charge is 0.369 e. The van der Waals surface area contributed by atoms with Crippen LogP contribution in [-0.2, 0) is 6.54 Å². The Morgan fingerprint density at radius 1 is 1.31 bits per heavy atom. The van der Waals surface area contributed by atoms with E-state index in [9.17, 15) is 4.39 Å². The van der Waals surface area contributed by atoms with Gasteiger partial charge in [0.15, 0.2) is 0 Å². The molecule has 0 aliphatic carbocycles. The quantitative estimate of drug-likeness (QED) is 0.512. The second-order valence-corrected chi connectivity index (χ2v) is 3.05. The minimum Gasteiger partial charge on any atom is -0.369 e. The summed E-state index contributed by atoms with van der Waals surface area (Å²) in [5, 5.41) is 0. The fourth-order valence-corrected chi connectivity index (χ4v) is 0.899. The van der Waals surface area contributed by atoms with E-state index in [0.717, 1.165) is 5.56 Å². The van der Waals surface area contributed by atoms with Crippen molar-refractivity contribution in [3.05, 3.63) is 35.6 Å². The van der Waals surface area contributed by atoms with E-state index in [1.807, 2.05) is 19.0 Å². The molecule has 0 saturated carbocycles. The lowest BCUT2D eigenvalue weighted by molar-refractivity contribution is 0.626. The summed E-state index contributed by atoms with van der Waals surface area (Å²) in [4.78, 5) is 6.01. The van der Waals surface area contributed by atoms with Crippen LogP contribution >= 0.6 is 0 Å². The molecule has 0 spiro atoms. The first-order chi connectivity index (χ1) is 6.18. The summed E-state index contributed by atoms with van der Waals surface area (Å²) in [6, 6.07) is 6.37. The predicted octanol–water partition coefficient (Wildman–Crippen LogP) is 1.92. The SMILES string of the molecule is CN(C)/C=N/Cc1ccc(F)cc1. The van der Waals surface area contributed by atoms with Crippen molar-refractivity contribution in [3.8, 4) is 0 Å². The molecule has 0 aromatic heterocycles. The zero-order valence-corrected chi connectivity index (χ0v) is 7.87. The van der Waals surface area contributed by atoms with Gasteiger partial charge in [0.05, 0.1) is 12.9 Å². The number of rotatable bonds is 3. The van der Waals surface area contributed by atoms with Gasteiger partial charge in [-0.25, -0.2) is 4.39 Å². The molecule has 1 aromatic carbocycles. The van der Waals surface area contributed by atoms with Crippen molar-refractivity contribution in [2.45, 2.75) is 6.54 Å². The van der Waals surface area contributed by atoms with Crippen LogP contribution in [0.2, 0.25) is 0 Å². The number of benzene rings is 1. The highest BCUT2D eigenvalue weighted by atomic mass is 19.1. The molecule has 0 amide bonds. The van der Waals surface area contributed by atoms with Crippen LogP contribution in [0.5, 0.6) is 0 Å². The summed E-state index contributed by atoms with van der Waals surface area (Å²) in [6.45, 7) is 0.596. The first kappa shape index (κ1) is 9.71. The summed E-state index contributed by atoms with van der Waals surface area (Å²) >= 11 is 0. The van der Waals surface area contributed by atoms with Crippen LogP contribution in [0.15, 0.2) is 29.3 Å². The number of aliphatic imine (C=N–C) groups is 1. The zero-order chi connectivity index (χ0) is 9.68. The summed E-state index contributed by atoms with van der Waals surface area (Å²) in [7, 11) is 3.82. The molecule has 3 heteroatoms. The maximum absolute atomic E-state index is 12.5. The van der Waals surface area contributed by atoms with Crippen molar-refractivity contribution in [2.75, 3.05) is 14.1 Å². The lowest BCUT2D eigenvalue weighted by Gasteiger charge is -2.02. The van der Waals surface area contributed by atoms with Crippen molar-refractivity contribution in [2.24, 2.45) is 4.99 Å². The molecule has 0 heterocycles. The van der Waals surface area contributed by atoms with Crippen LogP contribution in [0.25, 0.3) is 0 Å². The van der Waals surface area contributed by atoms with Gasteiger partial charge in [0.1, 0.15) is 5.82 Å². The molecule has 0 atom stereocenters. The Labute approximate surface area is 77.7 Å². The highest BCUT2D eigenvalue weighted by Gasteiger charge is 1.90. The lowest BCUT2D eigenvalue weighted by atomic mass is 10.2. The van der Waals surface area contributed by atoms with E-state index in [4.69, 9.17) is 0 Å². The number of hydrogen-bond acceptors (Lipinski definition) is 1. The van der Waals surface area contributed by atoms with Crippen molar-refractivity contribution < 1.29 is 4.39 Å². The van der Waals surface area contributed by atoms with Gasteiger partial charge in [-0.2, -0.15) is 0 Å². The molecule has 1 aromatic rings. The van der Waals surface area contributed by atoms with E-state index in [0.29, 0.717) is 6.54 Å². The van der Waals surface area contributed by atoms with Gasteiger partial charge in [-0.1, -0.05) is 12.1 Å². The van der Waals surface area contributed by atoms with Crippen LogP contribution in [0.1, 0.15) is 5.56 Å². The van der Waals surface area contributed by atoms with E-state index in [-0.39, 0.29) is 5.82 Å². The molecule has 0 bridgehead atoms. The molecule has 0 aliphatic heterocycles. The van der Waals surface area contributed by atoms with E-state index >= 15 is 0 Å². The molecule has 0 N–H and O–H groups in total. The lowest BCUT2D eigenvalue weighted by Crippen LogP contribution is -2.07. The number of hydrogen-bond donors (Lipinski definition) is 0. The Hall–Kier alpha value is -1.38. The van der Waals surface area contributed by atoms with Gasteiger partial charge in [-0.05, 0) is 17.7 Å². The van der Waals surface area contributed by atoms with Gasteiger partial charge in [0.25, 0.3) is 0 Å². The highest BCUT2D eigenvalue weighted by Crippen LogP contribution is 2.03. The molecule has 0 aliphatic rings. The van der Waals surface area contributed by atoms with Crippen LogP contribution in [0.4, 0.5) is 4.39 Å². The van der Waals surface area contributed by atoms with Crippen molar-refractivity contribution >= 4 is 6.34 Å². The standard InChI is InChI=1S/C10H13FN2/c1-13(2)8-12-7-9-3-5-10(11)6-4-9/h3-6,8H,7H2,1-2H3/b12-8+. The Morgan fingerprint density at radius 3 is 2.46 bits per heavy atom. The third-order valence-electron chi connectivity index (χ3n) is 1.50. The Kier molecular flexibility index (Phi) is 3.43. The summed E-state index contributed by atoms with van der Waals surface area (Å²) < 4.78 is 12.5. The minimum absolute atomic E-state index is 0.208. The first-order valence-corrected chi connectivity index (χ1v) is 4.09. The average Bonchev–Trinajstić information content (AvgIpc) is 2.08. The summed E-state index contributed by atoms with van der Waals surface area (Å²) in [5.74, 6) is -0.208. The van der Waals surface area contributed by atoms with Crippen LogP contribution in [0.3, 0.4) is 0 Å². The molecule has 70 valence electrons. The fourth-order valence-electron chi connectivity index (χ4n) is 0.899. The third-order valence-corrected chi connectivity index (χ3v) is 1.50. The maximum Gasteiger partial charge on any atom is 0.123 e. The van der Waals surface area contributed by atoms with Gasteiger partial charge in [0, 0.05) is 14.1 Å². The fraction of sp³-hybridized carbons (Fsp3) is 0.300. The van der Waals surface area contributed by atoms with E-state index in [1.54, 1.807) is 18.5 Å². The predicted molar refractivity (Wildman–Crippen MR) is 52.3 cm³/mol. The molecular formula is C10H13FN2. The topological polar surface area (TPSA) is 15.6 Å². The zero-order valence-electron chi connectivity index (χ0n) is 7.87. The molecule has 1 rings (SSSR count). The smallest absolute Gasteiger partial charge is 0.123 e. The minimum atomic E-state index is -0.208. The number of halogens is 1. The summed E-state index contributed by atoms with van der Waals surface area (Å²) in [6.07, 6.45) is 1.74. The normalized spacial score (nSPS) is 10.7. The van der Waals surface area contributed by atoms with Gasteiger partial charge in [-0.3, -0.25) is 4.99 Å².